The topological polar surface area (TPSA) is 52.6 Å². The molecule has 0 saturated carbocycles. The molecule has 0 amide bonds. The first-order chi connectivity index (χ1) is 20.5. The van der Waals surface area contributed by atoms with E-state index in [0.29, 0.717) is 36.2 Å². The Morgan fingerprint density at radius 1 is 0.548 bits per heavy atom. The molecule has 0 aliphatic heterocycles. The number of ether oxygens (including phenoxy) is 2. The first kappa shape index (κ1) is 29.8. The van der Waals surface area contributed by atoms with Gasteiger partial charge in [0.25, 0.3) is 0 Å². The number of carbonyl (C=O) groups is 2. The summed E-state index contributed by atoms with van der Waals surface area (Å²) >= 11 is 0. The minimum atomic E-state index is -0.264. The maximum absolute atomic E-state index is 13.4. The molecule has 0 aliphatic carbocycles. The van der Waals surface area contributed by atoms with E-state index in [4.69, 9.17) is 9.47 Å². The van der Waals surface area contributed by atoms with Gasteiger partial charge in [0.2, 0.25) is 0 Å². The number of unbranched alkanes of at least 4 members (excludes halogenated alkanes) is 2. The van der Waals surface area contributed by atoms with E-state index in [-0.39, 0.29) is 11.9 Å². The molecule has 5 aromatic carbocycles. The second-order valence-corrected chi connectivity index (χ2v) is 11.8. The Bertz CT molecular complexity index is 1540. The van der Waals surface area contributed by atoms with Gasteiger partial charge in [-0.1, -0.05) is 115 Å². The molecule has 0 fully saturated rings. The van der Waals surface area contributed by atoms with Gasteiger partial charge in [-0.2, -0.15) is 0 Å². The standard InChI is InChI=1S/C38H44O4/c1-5-9-13-25(7-3)23-41-37(39)33-21-19-31-28-16-12-18-30-34(38(40)42-24-26(8-4)14-10-6-2)22-20-32(36(28)30)27-15-11-17-29(33)35(27)31/h11-12,15-22,25-26H,5-10,13-14,23-24H2,1-4H3. The highest BCUT2D eigenvalue weighted by Crippen LogP contribution is 2.42. The zero-order chi connectivity index (χ0) is 29.6. The summed E-state index contributed by atoms with van der Waals surface area (Å²) < 4.78 is 11.7. The maximum Gasteiger partial charge on any atom is 0.338 e. The van der Waals surface area contributed by atoms with Gasteiger partial charge in [-0.05, 0) is 79.9 Å². The van der Waals surface area contributed by atoms with Crippen LogP contribution in [0.4, 0.5) is 0 Å². The molecule has 2 unspecified atom stereocenters. The summed E-state index contributed by atoms with van der Waals surface area (Å²) in [5.41, 5.74) is 1.20. The molecule has 0 saturated heterocycles. The molecular formula is C38H44O4. The third-order valence-electron chi connectivity index (χ3n) is 9.09. The predicted molar refractivity (Wildman–Crippen MR) is 175 cm³/mol. The van der Waals surface area contributed by atoms with Gasteiger partial charge in [-0.25, -0.2) is 9.59 Å². The van der Waals surface area contributed by atoms with Gasteiger partial charge in [0, 0.05) is 0 Å². The molecule has 0 heterocycles. The number of hydrogen-bond acceptors (Lipinski definition) is 4. The Kier molecular flexibility index (Phi) is 9.62. The smallest absolute Gasteiger partial charge is 0.338 e. The lowest BCUT2D eigenvalue weighted by molar-refractivity contribution is 0.0422. The molecule has 5 aromatic rings. The SMILES string of the molecule is CCCCC(CC)COC(=O)c1ccc2c3cccc4c(C(=O)OCC(CC)CCCC)ccc(c5cccc1c52)c43. The third kappa shape index (κ3) is 5.82. The highest BCUT2D eigenvalue weighted by molar-refractivity contribution is 6.35. The fourth-order valence-electron chi connectivity index (χ4n) is 6.41. The Hall–Kier alpha value is -3.66. The van der Waals surface area contributed by atoms with Crippen LogP contribution < -0.4 is 0 Å². The fourth-order valence-corrected chi connectivity index (χ4v) is 6.41. The van der Waals surface area contributed by atoms with Crippen LogP contribution in [-0.4, -0.2) is 25.2 Å². The van der Waals surface area contributed by atoms with Crippen LogP contribution >= 0.6 is 0 Å². The van der Waals surface area contributed by atoms with Gasteiger partial charge >= 0.3 is 11.9 Å². The molecule has 5 rings (SSSR count). The van der Waals surface area contributed by atoms with E-state index < -0.39 is 0 Å². The van der Waals surface area contributed by atoms with Crippen molar-refractivity contribution in [3.63, 3.8) is 0 Å². The lowest BCUT2D eigenvalue weighted by atomic mass is 9.87. The number of rotatable bonds is 14. The molecular weight excluding hydrogens is 520 g/mol. The van der Waals surface area contributed by atoms with Crippen molar-refractivity contribution in [2.75, 3.05) is 13.2 Å². The van der Waals surface area contributed by atoms with Gasteiger partial charge in [-0.3, -0.25) is 0 Å². The highest BCUT2D eigenvalue weighted by Gasteiger charge is 2.22. The number of benzene rings is 5. The van der Waals surface area contributed by atoms with Crippen LogP contribution in [0, 0.1) is 11.8 Å². The van der Waals surface area contributed by atoms with E-state index in [2.05, 4.69) is 39.8 Å². The second kappa shape index (κ2) is 13.5. The molecule has 4 heteroatoms. The Morgan fingerprint density at radius 2 is 0.929 bits per heavy atom. The van der Waals surface area contributed by atoms with Gasteiger partial charge < -0.3 is 9.47 Å². The predicted octanol–water partition coefficient (Wildman–Crippen LogP) is 10.5. The Morgan fingerprint density at radius 3 is 1.31 bits per heavy atom. The van der Waals surface area contributed by atoms with Crippen molar-refractivity contribution in [1.29, 1.82) is 0 Å². The van der Waals surface area contributed by atoms with Crippen molar-refractivity contribution in [3.8, 4) is 0 Å². The van der Waals surface area contributed by atoms with Gasteiger partial charge in [-0.15, -0.1) is 0 Å². The Balaban J connectivity index is 1.53. The molecule has 0 radical (unpaired) electrons. The molecule has 0 N–H and O–H groups in total. The quantitative estimate of drug-likeness (QED) is 0.0765. The van der Waals surface area contributed by atoms with Crippen molar-refractivity contribution in [2.24, 2.45) is 11.8 Å². The van der Waals surface area contributed by atoms with Gasteiger partial charge in [0.1, 0.15) is 0 Å². The van der Waals surface area contributed by atoms with E-state index in [9.17, 15) is 9.59 Å². The van der Waals surface area contributed by atoms with Crippen LogP contribution in [0.15, 0.2) is 60.7 Å². The third-order valence-corrected chi connectivity index (χ3v) is 9.09. The number of fused-ring (bicyclic) bond motifs is 2. The zero-order valence-corrected chi connectivity index (χ0v) is 25.6. The van der Waals surface area contributed by atoms with Crippen molar-refractivity contribution in [3.05, 3.63) is 71.8 Å². The van der Waals surface area contributed by atoms with Crippen LogP contribution in [0.3, 0.4) is 0 Å². The van der Waals surface area contributed by atoms with E-state index in [0.717, 1.165) is 94.5 Å². The first-order valence-corrected chi connectivity index (χ1v) is 16.0. The molecule has 0 aliphatic rings. The number of esters is 2. The molecule has 0 spiro atoms. The van der Waals surface area contributed by atoms with Crippen LogP contribution in [-0.2, 0) is 9.47 Å². The molecule has 0 aromatic heterocycles. The monoisotopic (exact) mass is 564 g/mol. The van der Waals surface area contributed by atoms with Crippen LogP contribution in [0.5, 0.6) is 0 Å². The second-order valence-electron chi connectivity index (χ2n) is 11.8. The van der Waals surface area contributed by atoms with Crippen molar-refractivity contribution >= 4 is 55.0 Å². The van der Waals surface area contributed by atoms with Crippen molar-refractivity contribution in [1.82, 2.24) is 0 Å². The van der Waals surface area contributed by atoms with Crippen LogP contribution in [0.25, 0.3) is 43.1 Å². The fraction of sp³-hybridized carbons (Fsp3) is 0.421. The lowest BCUT2D eigenvalue weighted by Crippen LogP contribution is -2.14. The van der Waals surface area contributed by atoms with Gasteiger partial charge in [0.15, 0.2) is 0 Å². The minimum absolute atomic E-state index is 0.264. The van der Waals surface area contributed by atoms with Crippen molar-refractivity contribution in [2.45, 2.75) is 79.1 Å². The highest BCUT2D eigenvalue weighted by atomic mass is 16.5. The Labute approximate surface area is 249 Å². The van der Waals surface area contributed by atoms with Crippen molar-refractivity contribution < 1.29 is 19.1 Å². The maximum atomic E-state index is 13.4. The van der Waals surface area contributed by atoms with E-state index in [1.54, 1.807) is 0 Å². The molecule has 220 valence electrons. The first-order valence-electron chi connectivity index (χ1n) is 16.0. The van der Waals surface area contributed by atoms with Crippen LogP contribution in [0.2, 0.25) is 0 Å². The lowest BCUT2D eigenvalue weighted by Gasteiger charge is -2.19. The summed E-state index contributed by atoms with van der Waals surface area (Å²) in [6, 6.07) is 20.2. The summed E-state index contributed by atoms with van der Waals surface area (Å²) in [6.07, 6.45) is 8.77. The van der Waals surface area contributed by atoms with E-state index >= 15 is 0 Å². The molecule has 0 bridgehead atoms. The summed E-state index contributed by atoms with van der Waals surface area (Å²) in [4.78, 5) is 26.7. The largest absolute Gasteiger partial charge is 0.462 e. The molecule has 42 heavy (non-hydrogen) atoms. The van der Waals surface area contributed by atoms with E-state index in [1.807, 2.05) is 48.5 Å². The number of hydrogen-bond donors (Lipinski definition) is 0. The zero-order valence-electron chi connectivity index (χ0n) is 25.6. The van der Waals surface area contributed by atoms with Gasteiger partial charge in [0.05, 0.1) is 24.3 Å². The van der Waals surface area contributed by atoms with E-state index in [1.165, 1.54) is 0 Å². The molecule has 4 nitrogen and oxygen atoms in total. The average Bonchev–Trinajstić information content (AvgIpc) is 3.03. The van der Waals surface area contributed by atoms with Crippen LogP contribution in [0.1, 0.15) is 99.8 Å². The summed E-state index contributed by atoms with van der Waals surface area (Å²) in [5.74, 6) is 0.257. The normalized spacial score (nSPS) is 13.2. The minimum Gasteiger partial charge on any atom is -0.462 e. The summed E-state index contributed by atoms with van der Waals surface area (Å²) in [6.45, 7) is 9.62. The summed E-state index contributed by atoms with van der Waals surface area (Å²) in [7, 11) is 0. The average molecular weight is 565 g/mol. The number of carbonyl (C=O) groups excluding carboxylic acids is 2. The molecule has 2 atom stereocenters. The summed E-state index contributed by atoms with van der Waals surface area (Å²) in [5, 5.41) is 8.20.